The van der Waals surface area contributed by atoms with E-state index in [1.807, 2.05) is 79.0 Å². The summed E-state index contributed by atoms with van der Waals surface area (Å²) < 4.78 is 85.0. The number of furan rings is 2. The summed E-state index contributed by atoms with van der Waals surface area (Å²) in [6.45, 7) is 9.35. The number of hydrogen-bond donors (Lipinski definition) is 0. The van der Waals surface area contributed by atoms with Gasteiger partial charge in [0.1, 0.15) is 17.0 Å². The van der Waals surface area contributed by atoms with Crippen molar-refractivity contribution in [2.45, 2.75) is 60.0 Å². The minimum atomic E-state index is -2.48. The smallest absolute Gasteiger partial charge is 0.126 e. The molecule has 4 nitrogen and oxygen atoms in total. The van der Waals surface area contributed by atoms with Crippen LogP contribution in [0.2, 0.25) is 19.6 Å². The van der Waals surface area contributed by atoms with Crippen molar-refractivity contribution < 1.29 is 42.9 Å². The van der Waals surface area contributed by atoms with Crippen LogP contribution in [0.3, 0.4) is 0 Å². The number of rotatable bonds is 6. The van der Waals surface area contributed by atoms with Gasteiger partial charge in [-0.1, -0.05) is 134 Å². The van der Waals surface area contributed by atoms with Crippen LogP contribution in [0.5, 0.6) is 0 Å². The van der Waals surface area contributed by atoms with Gasteiger partial charge in [0, 0.05) is 58.9 Å². The Morgan fingerprint density at radius 3 is 1.95 bits per heavy atom. The van der Waals surface area contributed by atoms with Gasteiger partial charge in [-0.25, -0.2) is 4.39 Å². The monoisotopic (exact) mass is 952 g/mol. The Bertz CT molecular complexity index is 3170. The normalized spacial score (nSPS) is 14.4. The molecule has 0 aliphatic heterocycles. The van der Waals surface area contributed by atoms with Gasteiger partial charge in [-0.2, -0.15) is 0 Å². The van der Waals surface area contributed by atoms with E-state index in [1.54, 1.807) is 39.0 Å². The molecular formula is C50H45FIrN2O2Si-2. The standard InChI is InChI=1S/C27H23FNOSi.C23H22NO.Ir/c1-31(2,3)26-17-29-24(15-19(26)14-18-8-5-4-6-9-18)23-11-7-10-22-21-13-12-20(28)16-25(21)30-27(22)23;1-15-14-24-20(12-16(15)13-23(2,3)4)19-10-7-9-18-17-8-5-6-11-21(17)25-22(18)19;/h4-10,12-13,15-17H,14H2,1-3H3;5-9,11-12,14H,13H2,1-4H3;/q2*-1;/i14D2;1D3,13D2;. The number of fused-ring (bicyclic) bond motifs is 6. The Balaban J connectivity index is 0.000000189. The molecule has 0 spiro atoms. The zero-order valence-electron chi connectivity index (χ0n) is 39.5. The molecule has 9 rings (SSSR count). The number of pyridine rings is 2. The molecule has 0 saturated carbocycles. The van der Waals surface area contributed by atoms with Crippen LogP contribution in [0.25, 0.3) is 66.4 Å². The molecule has 0 amide bonds. The summed E-state index contributed by atoms with van der Waals surface area (Å²) >= 11 is 0. The van der Waals surface area contributed by atoms with E-state index in [0.717, 1.165) is 32.3 Å². The fraction of sp³-hybridized carbons (Fsp3) is 0.200. The first-order valence-electron chi connectivity index (χ1n) is 22.0. The van der Waals surface area contributed by atoms with Gasteiger partial charge in [0.25, 0.3) is 0 Å². The summed E-state index contributed by atoms with van der Waals surface area (Å²) in [5, 5.41) is 4.51. The third-order valence-electron chi connectivity index (χ3n) is 9.42. The van der Waals surface area contributed by atoms with Crippen LogP contribution in [0.1, 0.15) is 52.6 Å². The molecule has 0 fully saturated rings. The fourth-order valence-electron chi connectivity index (χ4n) is 6.86. The van der Waals surface area contributed by atoms with Crippen LogP contribution in [0, 0.1) is 30.2 Å². The predicted octanol–water partition coefficient (Wildman–Crippen LogP) is 13.1. The van der Waals surface area contributed by atoms with E-state index in [9.17, 15) is 4.39 Å². The number of aromatic nitrogens is 2. The number of hydrogen-bond acceptors (Lipinski definition) is 4. The molecule has 0 aliphatic carbocycles. The van der Waals surface area contributed by atoms with Gasteiger partial charge < -0.3 is 18.8 Å². The number of benzene rings is 5. The molecule has 0 N–H and O–H groups in total. The van der Waals surface area contributed by atoms with E-state index in [4.69, 9.17) is 23.4 Å². The number of aryl methyl sites for hydroxylation is 1. The van der Waals surface area contributed by atoms with Crippen LogP contribution < -0.4 is 5.19 Å². The first kappa shape index (κ1) is 31.8. The van der Waals surface area contributed by atoms with Crippen LogP contribution in [-0.2, 0) is 32.9 Å². The number of nitrogens with zero attached hydrogens (tertiary/aromatic N) is 2. The van der Waals surface area contributed by atoms with Crippen molar-refractivity contribution in [2.75, 3.05) is 0 Å². The number of halogens is 1. The third kappa shape index (κ3) is 8.43. The molecule has 289 valence electrons. The van der Waals surface area contributed by atoms with Crippen LogP contribution >= 0.6 is 0 Å². The first-order valence-corrected chi connectivity index (χ1v) is 22.0. The molecule has 4 aromatic heterocycles. The molecule has 57 heavy (non-hydrogen) atoms. The second-order valence-electron chi connectivity index (χ2n) is 15.9. The minimum Gasteiger partial charge on any atom is -0.501 e. The second kappa shape index (κ2) is 16.0. The summed E-state index contributed by atoms with van der Waals surface area (Å²) in [4.78, 5) is 9.10. The van der Waals surface area contributed by atoms with Crippen molar-refractivity contribution in [2.24, 2.45) is 5.41 Å². The minimum absolute atomic E-state index is 0. The van der Waals surface area contributed by atoms with Crippen molar-refractivity contribution in [1.29, 1.82) is 0 Å². The van der Waals surface area contributed by atoms with Gasteiger partial charge in [-0.15, -0.1) is 36.4 Å². The summed E-state index contributed by atoms with van der Waals surface area (Å²) in [5.41, 5.74) is 5.00. The largest absolute Gasteiger partial charge is 0.501 e. The molecular weight excluding hydrogens is 900 g/mol. The Hall–Kier alpha value is -5.20. The summed E-state index contributed by atoms with van der Waals surface area (Å²) in [7, 11) is -1.91. The first-order chi connectivity index (χ1) is 29.6. The molecule has 7 heteroatoms. The van der Waals surface area contributed by atoms with Crippen LogP contribution in [-0.4, -0.2) is 18.0 Å². The number of para-hydroxylation sites is 1. The van der Waals surface area contributed by atoms with Crippen LogP contribution in [0.15, 0.2) is 130 Å². The molecule has 0 bridgehead atoms. The zero-order valence-corrected chi connectivity index (χ0v) is 35.9. The zero-order chi connectivity index (χ0) is 45.3. The molecule has 0 atom stereocenters. The molecule has 0 aliphatic rings. The molecule has 4 heterocycles. The van der Waals surface area contributed by atoms with E-state index < -0.39 is 33.1 Å². The summed E-state index contributed by atoms with van der Waals surface area (Å²) in [6, 6.07) is 38.5. The van der Waals surface area contributed by atoms with Gasteiger partial charge in [0.15, 0.2) is 0 Å². The van der Waals surface area contributed by atoms with Crippen molar-refractivity contribution >= 4 is 57.1 Å². The summed E-state index contributed by atoms with van der Waals surface area (Å²) in [6.07, 6.45) is -0.515. The Kier molecular flexibility index (Phi) is 8.92. The van der Waals surface area contributed by atoms with E-state index in [0.29, 0.717) is 50.4 Å². The van der Waals surface area contributed by atoms with E-state index in [2.05, 4.69) is 36.8 Å². The van der Waals surface area contributed by atoms with Crippen molar-refractivity contribution in [3.63, 3.8) is 0 Å². The average Bonchev–Trinajstić information content (AvgIpc) is 3.81. The Labute approximate surface area is 358 Å². The van der Waals surface area contributed by atoms with E-state index >= 15 is 0 Å². The van der Waals surface area contributed by atoms with Gasteiger partial charge in [-0.3, -0.25) is 0 Å². The van der Waals surface area contributed by atoms with Crippen LogP contribution in [0.4, 0.5) is 4.39 Å². The Morgan fingerprint density at radius 2 is 1.30 bits per heavy atom. The topological polar surface area (TPSA) is 52.1 Å². The van der Waals surface area contributed by atoms with Crippen molar-refractivity contribution in [3.05, 3.63) is 162 Å². The fourth-order valence-corrected chi connectivity index (χ4v) is 8.25. The molecule has 0 unspecified atom stereocenters. The maximum Gasteiger partial charge on any atom is 0.126 e. The molecule has 5 aromatic carbocycles. The maximum absolute atomic E-state index is 13.8. The van der Waals surface area contributed by atoms with Gasteiger partial charge in [0.2, 0.25) is 0 Å². The SMILES string of the molecule is [2H]C([2H])([2H])c1cnc(-c2[c-]ccc3c2oc2ccccc23)cc1C([2H])([2H])C(C)(C)C.[2H]C([2H])(c1ccccc1)c1cc(-c2[c-]ccc3c2oc2cc(F)ccc23)ncc1[Si](C)(C)C.[Ir]. The van der Waals surface area contributed by atoms with Gasteiger partial charge in [-0.05, 0) is 70.9 Å². The average molecular weight is 952 g/mol. The van der Waals surface area contributed by atoms with E-state index in [1.165, 1.54) is 24.4 Å². The third-order valence-corrected chi connectivity index (χ3v) is 11.4. The van der Waals surface area contributed by atoms with E-state index in [-0.39, 0.29) is 37.0 Å². The molecule has 1 radical (unpaired) electrons. The van der Waals surface area contributed by atoms with Crippen molar-refractivity contribution in [1.82, 2.24) is 9.97 Å². The summed E-state index contributed by atoms with van der Waals surface area (Å²) in [5.74, 6) is -0.358. The second-order valence-corrected chi connectivity index (χ2v) is 20.9. The maximum atomic E-state index is 13.8. The molecule has 9 aromatic rings. The predicted molar refractivity (Wildman–Crippen MR) is 232 cm³/mol. The quantitative estimate of drug-likeness (QED) is 0.123. The van der Waals surface area contributed by atoms with Gasteiger partial charge >= 0.3 is 0 Å². The molecule has 0 saturated heterocycles. The van der Waals surface area contributed by atoms with Gasteiger partial charge in [0.05, 0.1) is 19.2 Å². The Morgan fingerprint density at radius 1 is 0.702 bits per heavy atom. The van der Waals surface area contributed by atoms with Crippen molar-refractivity contribution in [3.8, 4) is 22.5 Å².